The summed E-state index contributed by atoms with van der Waals surface area (Å²) in [6.45, 7) is 28.6. The van der Waals surface area contributed by atoms with Crippen molar-refractivity contribution in [2.75, 3.05) is 40.4 Å². The van der Waals surface area contributed by atoms with E-state index < -0.39 is 0 Å². The average Bonchev–Trinajstić information content (AvgIpc) is 3.46. The zero-order valence-electron chi connectivity index (χ0n) is 37.5. The van der Waals surface area contributed by atoms with E-state index in [-0.39, 0.29) is 28.8 Å². The molecule has 4 aliphatic carbocycles. The van der Waals surface area contributed by atoms with Crippen molar-refractivity contribution in [3.05, 3.63) is 11.6 Å². The van der Waals surface area contributed by atoms with Gasteiger partial charge in [0.25, 0.3) is 0 Å². The number of hydrazine groups is 1. The second-order valence-electron chi connectivity index (χ2n) is 18.2. The van der Waals surface area contributed by atoms with Crippen molar-refractivity contribution in [2.45, 2.75) is 190 Å². The van der Waals surface area contributed by atoms with Gasteiger partial charge in [-0.05, 0) is 139 Å². The topological polar surface area (TPSA) is 112 Å². The van der Waals surface area contributed by atoms with Gasteiger partial charge < -0.3 is 25.3 Å². The van der Waals surface area contributed by atoms with E-state index in [4.69, 9.17) is 20.1 Å². The molecule has 4 aliphatic rings. The molecule has 0 bridgehead atoms. The zero-order valence-corrected chi connectivity index (χ0v) is 37.5. The lowest BCUT2D eigenvalue weighted by Gasteiger charge is -2.58. The molecular formula is C45H90N4O4. The van der Waals surface area contributed by atoms with Crippen LogP contribution < -0.4 is 16.9 Å². The molecule has 0 heterocycles. The summed E-state index contributed by atoms with van der Waals surface area (Å²) < 4.78 is 18.2. The van der Waals surface area contributed by atoms with Crippen molar-refractivity contribution in [3.63, 3.8) is 0 Å². The van der Waals surface area contributed by atoms with Crippen molar-refractivity contribution >= 4 is 6.09 Å². The fourth-order valence-electron chi connectivity index (χ4n) is 10.1. The molecule has 7 atom stereocenters. The number of carbonyl (C=O) groups excluding carboxylic acids is 1. The normalized spacial score (nSPS) is 29.2. The third-order valence-electron chi connectivity index (χ3n) is 13.2. The lowest BCUT2D eigenvalue weighted by Crippen LogP contribution is -2.50. The number of fused-ring (bicyclic) bond motifs is 5. The van der Waals surface area contributed by atoms with Crippen LogP contribution in [-0.4, -0.2) is 68.8 Å². The van der Waals surface area contributed by atoms with Crippen LogP contribution in [0.2, 0.25) is 0 Å². The Labute approximate surface area is 329 Å². The Hall–Kier alpha value is -1.19. The zero-order chi connectivity index (χ0) is 40.5. The molecule has 1 amide bonds. The summed E-state index contributed by atoms with van der Waals surface area (Å²) in [7, 11) is 3.37. The van der Waals surface area contributed by atoms with Gasteiger partial charge in [0.1, 0.15) is 6.10 Å². The molecule has 314 valence electrons. The SMILES string of the molecule is CC.CC.CC(C)CCCCC1CCC2C3CC=C4CC(OC(=O)NCCOC(C)(C)CCOC(C)(C)CCN(C)N)CCC4(C)C3CCC12C.CN. The van der Waals surface area contributed by atoms with E-state index in [9.17, 15) is 4.79 Å². The molecule has 0 saturated heterocycles. The third kappa shape index (κ3) is 15.0. The van der Waals surface area contributed by atoms with Crippen molar-refractivity contribution in [1.29, 1.82) is 0 Å². The molecule has 8 nitrogen and oxygen atoms in total. The number of hydrogen-bond donors (Lipinski definition) is 3. The summed E-state index contributed by atoms with van der Waals surface area (Å²) in [5, 5.41) is 4.63. The van der Waals surface area contributed by atoms with Gasteiger partial charge in [-0.1, -0.05) is 86.3 Å². The molecule has 0 aromatic rings. The van der Waals surface area contributed by atoms with E-state index in [1.165, 1.54) is 64.8 Å². The van der Waals surface area contributed by atoms with Gasteiger partial charge in [0.05, 0.1) is 24.4 Å². The number of allylic oxidation sites excluding steroid dienone is 1. The van der Waals surface area contributed by atoms with Crippen LogP contribution in [0.5, 0.6) is 0 Å². The number of nitrogens with zero attached hydrogens (tertiary/aromatic N) is 1. The highest BCUT2D eigenvalue weighted by Gasteiger charge is 2.58. The lowest BCUT2D eigenvalue weighted by molar-refractivity contribution is -0.0751. The van der Waals surface area contributed by atoms with E-state index in [0.29, 0.717) is 25.2 Å². The minimum Gasteiger partial charge on any atom is -0.446 e. The van der Waals surface area contributed by atoms with Gasteiger partial charge in [-0.2, -0.15) is 0 Å². The van der Waals surface area contributed by atoms with Crippen LogP contribution in [0.25, 0.3) is 0 Å². The predicted molar refractivity (Wildman–Crippen MR) is 226 cm³/mol. The number of nitrogens with one attached hydrogen (secondary N) is 1. The Morgan fingerprint density at radius 3 is 2.21 bits per heavy atom. The molecule has 5 N–H and O–H groups in total. The molecule has 3 fully saturated rings. The maximum atomic E-state index is 12.8. The van der Waals surface area contributed by atoms with Crippen LogP contribution in [0.4, 0.5) is 4.79 Å². The maximum Gasteiger partial charge on any atom is 0.407 e. The Balaban J connectivity index is 0.00000222. The third-order valence-corrected chi connectivity index (χ3v) is 13.2. The molecule has 0 radical (unpaired) electrons. The van der Waals surface area contributed by atoms with Gasteiger partial charge in [0.15, 0.2) is 0 Å². The number of hydrogen-bond acceptors (Lipinski definition) is 7. The number of alkyl carbamates (subject to hydrolysis) is 1. The molecule has 7 unspecified atom stereocenters. The van der Waals surface area contributed by atoms with E-state index in [1.807, 2.05) is 34.7 Å². The van der Waals surface area contributed by atoms with E-state index in [2.05, 4.69) is 72.5 Å². The first kappa shape index (κ1) is 49.8. The van der Waals surface area contributed by atoms with Gasteiger partial charge in [-0.15, -0.1) is 0 Å². The molecule has 8 heteroatoms. The standard InChI is InChI=1S/C40H73N3O4.2C2H6.CH5N/c1-29(2)12-10-11-13-30-15-17-34-33-16-14-31-28-32(18-20-40(31,8)35(33)19-21-39(30,34)7)47-36(44)42-24-27-46-38(5,6)23-26-45-37(3,4)22-25-43(9)41;3*1-2/h14,29-30,32-35H,10-13,15-28,41H2,1-9H3,(H,42,44);2*1-2H3;2H2,1H3. The highest BCUT2D eigenvalue weighted by molar-refractivity contribution is 5.67. The smallest absolute Gasteiger partial charge is 0.407 e. The highest BCUT2D eigenvalue weighted by Crippen LogP contribution is 2.66. The first-order chi connectivity index (χ1) is 25.0. The number of rotatable bonds is 17. The fraction of sp³-hybridized carbons (Fsp3) is 0.933. The predicted octanol–water partition coefficient (Wildman–Crippen LogP) is 10.7. The van der Waals surface area contributed by atoms with Crippen molar-refractivity contribution < 1.29 is 19.0 Å². The van der Waals surface area contributed by atoms with E-state index >= 15 is 0 Å². The van der Waals surface area contributed by atoms with Gasteiger partial charge in [0, 0.05) is 26.6 Å². The van der Waals surface area contributed by atoms with Crippen LogP contribution in [0.15, 0.2) is 11.6 Å². The van der Waals surface area contributed by atoms with Gasteiger partial charge in [0.2, 0.25) is 0 Å². The molecule has 0 aromatic heterocycles. The van der Waals surface area contributed by atoms with Gasteiger partial charge in [-0.3, -0.25) is 10.9 Å². The number of unbranched alkanes of at least 4 members (excludes halogenated alkanes) is 1. The average molecular weight is 751 g/mol. The maximum absolute atomic E-state index is 12.8. The van der Waals surface area contributed by atoms with Crippen LogP contribution >= 0.6 is 0 Å². The monoisotopic (exact) mass is 751 g/mol. The molecular weight excluding hydrogens is 661 g/mol. The van der Waals surface area contributed by atoms with Crippen molar-refractivity contribution in [1.82, 2.24) is 10.3 Å². The highest BCUT2D eigenvalue weighted by atomic mass is 16.6. The second kappa shape index (κ2) is 23.8. The van der Waals surface area contributed by atoms with Crippen molar-refractivity contribution in [3.8, 4) is 0 Å². The summed E-state index contributed by atoms with van der Waals surface area (Å²) in [6.07, 6.45) is 19.5. The van der Waals surface area contributed by atoms with Gasteiger partial charge in [-0.25, -0.2) is 4.79 Å². The van der Waals surface area contributed by atoms with Gasteiger partial charge >= 0.3 is 6.09 Å². The van der Waals surface area contributed by atoms with Crippen LogP contribution in [0.3, 0.4) is 0 Å². The summed E-state index contributed by atoms with van der Waals surface area (Å²) in [6, 6.07) is 0. The number of amides is 1. The summed E-state index contributed by atoms with van der Waals surface area (Å²) in [4.78, 5) is 12.8. The summed E-state index contributed by atoms with van der Waals surface area (Å²) >= 11 is 0. The van der Waals surface area contributed by atoms with Crippen LogP contribution in [0.1, 0.15) is 173 Å². The number of carbonyl (C=O) groups is 1. The Kier molecular flexibility index (Phi) is 22.4. The minimum atomic E-state index is -0.338. The van der Waals surface area contributed by atoms with Crippen molar-refractivity contribution in [2.24, 2.45) is 52.0 Å². The minimum absolute atomic E-state index is 0.0293. The van der Waals surface area contributed by atoms with E-state index in [0.717, 1.165) is 68.2 Å². The Morgan fingerprint density at radius 1 is 0.925 bits per heavy atom. The molecule has 4 rings (SSSR count). The molecule has 0 aliphatic heterocycles. The number of ether oxygens (including phenoxy) is 3. The molecule has 3 saturated carbocycles. The summed E-state index contributed by atoms with van der Waals surface area (Å²) in [5.74, 6) is 10.0. The molecule has 53 heavy (non-hydrogen) atoms. The Bertz CT molecular complexity index is 1050. The number of nitrogens with two attached hydrogens (primary N) is 2. The van der Waals surface area contributed by atoms with Crippen LogP contribution in [-0.2, 0) is 14.2 Å². The lowest BCUT2D eigenvalue weighted by atomic mass is 9.47. The fourth-order valence-corrected chi connectivity index (χ4v) is 10.1. The Morgan fingerprint density at radius 2 is 1.57 bits per heavy atom. The first-order valence-corrected chi connectivity index (χ1v) is 22.0. The quantitative estimate of drug-likeness (QED) is 0.0587. The largest absolute Gasteiger partial charge is 0.446 e. The molecule has 0 spiro atoms. The van der Waals surface area contributed by atoms with E-state index in [1.54, 1.807) is 10.6 Å². The second-order valence-corrected chi connectivity index (χ2v) is 18.2. The summed E-state index contributed by atoms with van der Waals surface area (Å²) in [5.41, 5.74) is 6.32. The molecule has 0 aromatic carbocycles. The first-order valence-electron chi connectivity index (χ1n) is 22.0. The van der Waals surface area contributed by atoms with Crippen LogP contribution in [0, 0.1) is 40.4 Å².